The number of piperazine rings is 1. The molecule has 0 aromatic heterocycles. The van der Waals surface area contributed by atoms with Crippen molar-refractivity contribution in [2.75, 3.05) is 31.1 Å². The fourth-order valence-electron chi connectivity index (χ4n) is 2.35. The van der Waals surface area contributed by atoms with Crippen LogP contribution in [0.1, 0.15) is 11.1 Å². The molecule has 1 aromatic rings. The molecule has 1 N–H and O–H groups in total. The largest absolute Gasteiger partial charge is 0.465 e. The Labute approximate surface area is 126 Å². The summed E-state index contributed by atoms with van der Waals surface area (Å²) >= 11 is 0. The Bertz CT molecular complexity index is 591. The SMILES string of the molecule is O=C(O)N1CCN(c2ccc(C(F)(F)F)cc2C(F)(F)F)CC1. The maximum Gasteiger partial charge on any atom is 0.418 e. The summed E-state index contributed by atoms with van der Waals surface area (Å²) in [4.78, 5) is 13.1. The zero-order chi connectivity index (χ0) is 17.4. The second-order valence-corrected chi connectivity index (χ2v) is 4.98. The molecule has 23 heavy (non-hydrogen) atoms. The van der Waals surface area contributed by atoms with Crippen molar-refractivity contribution < 1.29 is 36.2 Å². The minimum absolute atomic E-state index is 0.0202. The van der Waals surface area contributed by atoms with E-state index >= 15 is 0 Å². The van der Waals surface area contributed by atoms with Crippen LogP contribution in [-0.2, 0) is 12.4 Å². The molecule has 10 heteroatoms. The lowest BCUT2D eigenvalue weighted by Gasteiger charge is -2.36. The minimum Gasteiger partial charge on any atom is -0.465 e. The quantitative estimate of drug-likeness (QED) is 0.794. The van der Waals surface area contributed by atoms with Gasteiger partial charge in [0.2, 0.25) is 0 Å². The van der Waals surface area contributed by atoms with E-state index in [9.17, 15) is 31.1 Å². The van der Waals surface area contributed by atoms with Crippen molar-refractivity contribution >= 4 is 11.8 Å². The van der Waals surface area contributed by atoms with Gasteiger partial charge in [0, 0.05) is 31.9 Å². The summed E-state index contributed by atoms with van der Waals surface area (Å²) in [6, 6.07) is 1.45. The fourth-order valence-corrected chi connectivity index (χ4v) is 2.35. The third-order valence-electron chi connectivity index (χ3n) is 3.52. The number of carbonyl (C=O) groups is 1. The molecule has 2 rings (SSSR count). The number of halogens is 6. The van der Waals surface area contributed by atoms with Crippen LogP contribution >= 0.6 is 0 Å². The number of anilines is 1. The number of benzene rings is 1. The maximum absolute atomic E-state index is 13.1. The Morgan fingerprint density at radius 3 is 1.96 bits per heavy atom. The van der Waals surface area contributed by atoms with Gasteiger partial charge in [-0.05, 0) is 18.2 Å². The van der Waals surface area contributed by atoms with Crippen molar-refractivity contribution in [2.45, 2.75) is 12.4 Å². The van der Waals surface area contributed by atoms with Gasteiger partial charge in [-0.15, -0.1) is 0 Å². The van der Waals surface area contributed by atoms with E-state index in [4.69, 9.17) is 5.11 Å². The topological polar surface area (TPSA) is 43.8 Å². The van der Waals surface area contributed by atoms with E-state index in [1.165, 1.54) is 4.90 Å². The number of hydrogen-bond acceptors (Lipinski definition) is 2. The van der Waals surface area contributed by atoms with Crippen LogP contribution in [-0.4, -0.2) is 42.3 Å². The molecule has 0 aliphatic carbocycles. The summed E-state index contributed by atoms with van der Waals surface area (Å²) in [5, 5.41) is 8.81. The summed E-state index contributed by atoms with van der Waals surface area (Å²) in [5.41, 5.74) is -3.13. The summed E-state index contributed by atoms with van der Waals surface area (Å²) in [5.74, 6) is 0. The van der Waals surface area contributed by atoms with Gasteiger partial charge in [-0.3, -0.25) is 0 Å². The van der Waals surface area contributed by atoms with Crippen molar-refractivity contribution in [1.29, 1.82) is 0 Å². The first kappa shape index (κ1) is 17.2. The molecule has 1 amide bonds. The van der Waals surface area contributed by atoms with E-state index in [-0.39, 0.29) is 37.9 Å². The second-order valence-electron chi connectivity index (χ2n) is 4.98. The summed E-state index contributed by atoms with van der Waals surface area (Å²) in [6.07, 6.45) is -11.0. The Balaban J connectivity index is 2.34. The second kappa shape index (κ2) is 5.82. The third-order valence-corrected chi connectivity index (χ3v) is 3.52. The smallest absolute Gasteiger partial charge is 0.418 e. The van der Waals surface area contributed by atoms with Crippen LogP contribution in [0.25, 0.3) is 0 Å². The van der Waals surface area contributed by atoms with Gasteiger partial charge < -0.3 is 14.9 Å². The first-order valence-electron chi connectivity index (χ1n) is 6.51. The highest BCUT2D eigenvalue weighted by Gasteiger charge is 2.39. The number of nitrogens with zero attached hydrogens (tertiary/aromatic N) is 2. The molecule has 1 fully saturated rings. The number of amides is 1. The number of alkyl halides is 6. The first-order chi connectivity index (χ1) is 10.5. The van der Waals surface area contributed by atoms with E-state index in [0.717, 1.165) is 11.0 Å². The molecule has 0 bridgehead atoms. The highest BCUT2D eigenvalue weighted by molar-refractivity contribution is 5.66. The van der Waals surface area contributed by atoms with Crippen molar-refractivity contribution in [3.05, 3.63) is 29.3 Å². The molecule has 1 aliphatic heterocycles. The molecule has 128 valence electrons. The molecule has 0 unspecified atom stereocenters. The highest BCUT2D eigenvalue weighted by atomic mass is 19.4. The van der Waals surface area contributed by atoms with E-state index < -0.39 is 29.6 Å². The van der Waals surface area contributed by atoms with Gasteiger partial charge in [0.15, 0.2) is 0 Å². The van der Waals surface area contributed by atoms with Gasteiger partial charge in [-0.2, -0.15) is 26.3 Å². The molecule has 0 saturated carbocycles. The van der Waals surface area contributed by atoms with Crippen LogP contribution in [0.3, 0.4) is 0 Å². The monoisotopic (exact) mass is 342 g/mol. The van der Waals surface area contributed by atoms with Crippen molar-refractivity contribution in [3.8, 4) is 0 Å². The summed E-state index contributed by atoms with van der Waals surface area (Å²) in [6.45, 7) is -0.0944. The van der Waals surface area contributed by atoms with Crippen molar-refractivity contribution in [1.82, 2.24) is 4.90 Å². The summed E-state index contributed by atoms with van der Waals surface area (Å²) < 4.78 is 77.1. The maximum atomic E-state index is 13.1. The molecule has 1 aliphatic rings. The van der Waals surface area contributed by atoms with Gasteiger partial charge in [0.1, 0.15) is 0 Å². The standard InChI is InChI=1S/C13H12F6N2O2/c14-12(15,16)8-1-2-10(9(7-8)13(17,18)19)20-3-5-21(6-4-20)11(22)23/h1-2,7H,3-6H2,(H,22,23). The normalized spacial score (nSPS) is 16.6. The molecule has 0 spiro atoms. The average molecular weight is 342 g/mol. The van der Waals surface area contributed by atoms with Crippen molar-refractivity contribution in [3.63, 3.8) is 0 Å². The Hall–Kier alpha value is -2.13. The van der Waals surface area contributed by atoms with Gasteiger partial charge >= 0.3 is 18.4 Å². The van der Waals surface area contributed by atoms with E-state index in [1.54, 1.807) is 0 Å². The van der Waals surface area contributed by atoms with Gasteiger partial charge in [0.25, 0.3) is 0 Å². The van der Waals surface area contributed by atoms with Crippen LogP contribution in [0.4, 0.5) is 36.8 Å². The molecule has 4 nitrogen and oxygen atoms in total. The van der Waals surface area contributed by atoms with E-state index in [1.807, 2.05) is 0 Å². The van der Waals surface area contributed by atoms with Crippen LogP contribution in [0.2, 0.25) is 0 Å². The van der Waals surface area contributed by atoms with Gasteiger partial charge in [-0.1, -0.05) is 0 Å². The van der Waals surface area contributed by atoms with Crippen LogP contribution in [0.5, 0.6) is 0 Å². The lowest BCUT2D eigenvalue weighted by Crippen LogP contribution is -2.48. The predicted octanol–water partition coefficient (Wildman–Crippen LogP) is 3.52. The molecule has 1 aromatic carbocycles. The molecule has 0 radical (unpaired) electrons. The Morgan fingerprint density at radius 2 is 1.52 bits per heavy atom. The molecular formula is C13H12F6N2O2. The minimum atomic E-state index is -4.94. The Morgan fingerprint density at radius 1 is 0.957 bits per heavy atom. The zero-order valence-electron chi connectivity index (χ0n) is 11.6. The van der Waals surface area contributed by atoms with Gasteiger partial charge in [0.05, 0.1) is 11.1 Å². The van der Waals surface area contributed by atoms with Crippen molar-refractivity contribution in [2.24, 2.45) is 0 Å². The Kier molecular flexibility index (Phi) is 4.36. The fraction of sp³-hybridized carbons (Fsp3) is 0.462. The van der Waals surface area contributed by atoms with Crippen LogP contribution in [0, 0.1) is 0 Å². The molecule has 1 saturated heterocycles. The highest BCUT2D eigenvalue weighted by Crippen LogP contribution is 2.40. The van der Waals surface area contributed by atoms with Crippen LogP contribution in [0.15, 0.2) is 18.2 Å². The number of carboxylic acid groups (broad SMARTS) is 1. The number of rotatable bonds is 1. The lowest BCUT2D eigenvalue weighted by atomic mass is 10.1. The van der Waals surface area contributed by atoms with Crippen LogP contribution < -0.4 is 4.90 Å². The zero-order valence-corrected chi connectivity index (χ0v) is 11.6. The lowest BCUT2D eigenvalue weighted by molar-refractivity contribution is -0.142. The van der Waals surface area contributed by atoms with Gasteiger partial charge in [-0.25, -0.2) is 4.79 Å². The third kappa shape index (κ3) is 3.80. The first-order valence-corrected chi connectivity index (χ1v) is 6.51. The molecular weight excluding hydrogens is 330 g/mol. The van der Waals surface area contributed by atoms with E-state index in [0.29, 0.717) is 6.07 Å². The predicted molar refractivity (Wildman–Crippen MR) is 68.3 cm³/mol. The molecule has 1 heterocycles. The number of hydrogen-bond donors (Lipinski definition) is 1. The molecule has 0 atom stereocenters. The average Bonchev–Trinajstić information content (AvgIpc) is 2.45. The van der Waals surface area contributed by atoms with E-state index in [2.05, 4.69) is 0 Å². The summed E-state index contributed by atoms with van der Waals surface area (Å²) in [7, 11) is 0.